The number of hydrogen-bond donors (Lipinski definition) is 8. The number of thioether (sulfide) groups is 1. The van der Waals surface area contributed by atoms with Crippen molar-refractivity contribution in [2.45, 2.75) is 124 Å². The van der Waals surface area contributed by atoms with E-state index >= 15 is 0 Å². The van der Waals surface area contributed by atoms with Gasteiger partial charge in [-0.1, -0.05) is 25.2 Å². The van der Waals surface area contributed by atoms with Gasteiger partial charge in [0.2, 0.25) is 45.4 Å². The lowest BCUT2D eigenvalue weighted by molar-refractivity contribution is -0.132. The van der Waals surface area contributed by atoms with Gasteiger partial charge >= 0.3 is 6.03 Å². The second-order valence-corrected chi connectivity index (χ2v) is 24.1. The average molecular weight is 1210 g/mol. The van der Waals surface area contributed by atoms with E-state index in [9.17, 15) is 42.0 Å². The number of likely N-dealkylation sites (tertiary alicyclic amines) is 1. The van der Waals surface area contributed by atoms with Crippen LogP contribution in [0.1, 0.15) is 77.0 Å². The van der Waals surface area contributed by atoms with Crippen LogP contribution in [0.3, 0.4) is 0 Å². The Morgan fingerprint density at radius 2 is 1.50 bits per heavy atom. The summed E-state index contributed by atoms with van der Waals surface area (Å²) in [6, 6.07) is 4.48. The lowest BCUT2D eigenvalue weighted by Crippen LogP contribution is -2.55. The molecule has 25 nitrogen and oxygen atoms in total. The summed E-state index contributed by atoms with van der Waals surface area (Å²) in [5.74, 6) is -1.56. The number of pyridine rings is 1. The Labute approximate surface area is 496 Å². The molecule has 84 heavy (non-hydrogen) atoms. The highest BCUT2D eigenvalue weighted by molar-refractivity contribution is 8.00. The Morgan fingerprint density at radius 3 is 2.17 bits per heavy atom. The van der Waals surface area contributed by atoms with Crippen molar-refractivity contribution in [1.29, 1.82) is 0 Å². The first-order chi connectivity index (χ1) is 40.6. The maximum atomic E-state index is 14.3. The summed E-state index contributed by atoms with van der Waals surface area (Å²) in [4.78, 5) is 95.7. The van der Waals surface area contributed by atoms with Crippen molar-refractivity contribution in [2.75, 3.05) is 92.0 Å². The molecule has 1 aliphatic carbocycles. The monoisotopic (exact) mass is 1210 g/mol. The number of methoxy groups -OCH3 is 1. The zero-order chi connectivity index (χ0) is 60.3. The Balaban J connectivity index is 0.851. The van der Waals surface area contributed by atoms with Crippen LogP contribution in [0.5, 0.6) is 11.6 Å². The minimum Gasteiger partial charge on any atom is -0.497 e. The maximum Gasteiger partial charge on any atom is 0.315 e. The normalized spacial score (nSPS) is 19.9. The number of aromatic nitrogens is 1. The molecule has 0 spiro atoms. The molecule has 6 rings (SSSR count). The van der Waals surface area contributed by atoms with Gasteiger partial charge in [-0.2, -0.15) is 11.8 Å². The van der Waals surface area contributed by atoms with Crippen molar-refractivity contribution >= 4 is 74.0 Å². The molecule has 4 fully saturated rings. The number of urea groups is 1. The van der Waals surface area contributed by atoms with Crippen LogP contribution in [0, 0.1) is 5.92 Å². The van der Waals surface area contributed by atoms with Gasteiger partial charge in [-0.05, 0) is 80.7 Å². The molecular weight excluding hydrogens is 1130 g/mol. The molecule has 8 amide bonds. The van der Waals surface area contributed by atoms with Gasteiger partial charge in [-0.15, -0.1) is 13.2 Å². The highest BCUT2D eigenvalue weighted by Gasteiger charge is 2.44. The summed E-state index contributed by atoms with van der Waals surface area (Å²) < 4.78 is 62.4. The Bertz CT molecular complexity index is 2660. The molecule has 464 valence electrons. The number of amides is 8. The lowest BCUT2D eigenvalue weighted by atomic mass is 9.98. The summed E-state index contributed by atoms with van der Waals surface area (Å²) in [6.45, 7) is 14.3. The number of carbonyl (C=O) groups excluding carboxylic acids is 7. The fraction of sp³-hybridized carbons (Fsp3) is 0.614. The number of ether oxygens (including phenoxy) is 6. The quantitative estimate of drug-likeness (QED) is 0.0204. The smallest absolute Gasteiger partial charge is 0.315 e. The number of hydrogen-bond acceptors (Lipinski definition) is 18. The number of unbranched alkanes of at least 4 members (excludes halogenated alkanes) is 1. The number of nitrogens with zero attached hydrogens (tertiary/aromatic N) is 2. The molecular formula is C57H84N10O15S2. The van der Waals surface area contributed by atoms with E-state index in [1.165, 1.54) is 12.2 Å². The fourth-order valence-corrected chi connectivity index (χ4v) is 12.6. The lowest BCUT2D eigenvalue weighted by Gasteiger charge is -2.28. The van der Waals surface area contributed by atoms with Gasteiger partial charge in [-0.3, -0.25) is 38.4 Å². The van der Waals surface area contributed by atoms with Gasteiger partial charge in [0, 0.05) is 93.6 Å². The highest BCUT2D eigenvalue weighted by Crippen LogP contribution is 2.34. The van der Waals surface area contributed by atoms with E-state index in [2.05, 4.69) is 66.7 Å². The molecule has 27 heteroatoms. The molecule has 1 saturated carbocycles. The summed E-state index contributed by atoms with van der Waals surface area (Å²) >= 11 is 1.88. The molecule has 1 unspecified atom stereocenters. The second kappa shape index (κ2) is 35.2. The van der Waals surface area contributed by atoms with Gasteiger partial charge in [0.25, 0.3) is 5.91 Å². The molecule has 2 aromatic rings. The third kappa shape index (κ3) is 22.2. The molecule has 3 saturated heterocycles. The Kier molecular flexibility index (Phi) is 28.0. The number of nitrogens with one attached hydrogen (secondary N) is 8. The zero-order valence-corrected chi connectivity index (χ0v) is 49.6. The molecule has 0 bridgehead atoms. The van der Waals surface area contributed by atoms with Gasteiger partial charge in [-0.25, -0.2) is 18.2 Å². The first kappa shape index (κ1) is 66.8. The number of rotatable bonds is 42. The van der Waals surface area contributed by atoms with Crippen LogP contribution < -0.4 is 51.4 Å². The highest BCUT2D eigenvalue weighted by atomic mass is 32.2. The van der Waals surface area contributed by atoms with Crippen LogP contribution >= 0.6 is 11.8 Å². The Morgan fingerprint density at radius 1 is 0.821 bits per heavy atom. The average Bonchev–Trinajstić information content (AvgIpc) is 4.23. The summed E-state index contributed by atoms with van der Waals surface area (Å²) in [5.41, 5.74) is 0. The van der Waals surface area contributed by atoms with Crippen molar-refractivity contribution in [3.63, 3.8) is 0 Å². The van der Waals surface area contributed by atoms with Crippen molar-refractivity contribution < 1.29 is 70.4 Å². The summed E-state index contributed by atoms with van der Waals surface area (Å²) in [7, 11) is -2.40. The largest absolute Gasteiger partial charge is 0.497 e. The van der Waals surface area contributed by atoms with E-state index in [1.54, 1.807) is 24.3 Å². The standard InChI is InChI=1S/C57H84N10O15S2/c1-5-38(6-2)52(55(73)66-84(75,76)43-18-19-43)64-54(72)46-32-42(82-56-44-20-17-41(77-4)31-39(44)21-24-60-56)34-67(46)37-81-35-40(33-61-48(68)7-3)62-51(71)16-10-15-50(70)59-23-12-26-79-28-30-80-29-27-78-25-11-22-58-49(69)14-9-8-13-47-53-45(36-83-47)63-57(74)65-53/h5-7,17,20-21,24,31,38,40,42-43,45-47,52-53H,1-3,8-16,18-19,22-23,25-30,32-37H2,4H3,(H,58,69)(H,59,70)(H,61,68)(H,62,71)(H,64,72)(H,66,73)(H2,63,65,74)/t40-,42+,45-,46-,47-,52?,53-/m0/s1. The summed E-state index contributed by atoms with van der Waals surface area (Å²) in [5, 5.41) is 21.2. The van der Waals surface area contributed by atoms with E-state index < -0.39 is 63.1 Å². The van der Waals surface area contributed by atoms with Crippen LogP contribution in [0.2, 0.25) is 0 Å². The van der Waals surface area contributed by atoms with E-state index in [4.69, 9.17) is 28.4 Å². The van der Waals surface area contributed by atoms with Crippen LogP contribution in [0.4, 0.5) is 4.79 Å². The summed E-state index contributed by atoms with van der Waals surface area (Å²) in [6.07, 6.45) is 10.6. The van der Waals surface area contributed by atoms with Crippen molar-refractivity contribution in [3.8, 4) is 11.6 Å². The van der Waals surface area contributed by atoms with Gasteiger partial charge in [0.1, 0.15) is 17.9 Å². The number of benzene rings is 1. The third-order valence-corrected chi connectivity index (χ3v) is 17.8. The van der Waals surface area contributed by atoms with E-state index in [0.29, 0.717) is 107 Å². The minimum atomic E-state index is -3.96. The predicted molar refractivity (Wildman–Crippen MR) is 315 cm³/mol. The van der Waals surface area contributed by atoms with E-state index in [1.807, 2.05) is 30.0 Å². The van der Waals surface area contributed by atoms with E-state index in [0.717, 1.165) is 36.5 Å². The van der Waals surface area contributed by atoms with Crippen LogP contribution in [0.25, 0.3) is 10.8 Å². The Hall–Kier alpha value is -6.36. The van der Waals surface area contributed by atoms with Crippen LogP contribution in [-0.4, -0.2) is 199 Å². The molecule has 4 aliphatic rings. The zero-order valence-electron chi connectivity index (χ0n) is 47.9. The number of sulfonamides is 1. The van der Waals surface area contributed by atoms with Crippen molar-refractivity contribution in [3.05, 3.63) is 68.4 Å². The van der Waals surface area contributed by atoms with Crippen molar-refractivity contribution in [1.82, 2.24) is 51.8 Å². The van der Waals surface area contributed by atoms with Gasteiger partial charge in [0.15, 0.2) is 0 Å². The minimum absolute atomic E-state index is 0.00591. The van der Waals surface area contributed by atoms with Crippen LogP contribution in [0.15, 0.2) is 68.4 Å². The molecule has 8 N–H and O–H groups in total. The molecule has 1 aromatic carbocycles. The first-order valence-electron chi connectivity index (χ1n) is 28.8. The first-order valence-corrected chi connectivity index (χ1v) is 31.4. The molecule has 0 radical (unpaired) electrons. The molecule has 3 aliphatic heterocycles. The predicted octanol–water partition coefficient (Wildman–Crippen LogP) is 1.87. The number of carbonyl (C=O) groups is 7. The van der Waals surface area contributed by atoms with Crippen LogP contribution in [-0.2, 0) is 57.7 Å². The maximum absolute atomic E-state index is 14.3. The van der Waals surface area contributed by atoms with E-state index in [-0.39, 0.29) is 87.9 Å². The SMILES string of the molecule is C=CC(=O)NC[C@@H](COCN1C[C@H](Oc2nccc3cc(OC)ccc23)C[C@H]1C(=O)NC(C(=O)NS(=O)(=O)C1CC1)C(C=C)C=C)NC(=O)CCCC(=O)NCCCOCCOCCOCCCNC(=O)CCCC[C@@H]1SC[C@@H]2NC(=O)N[C@@H]21. The molecule has 1 aromatic heterocycles. The fourth-order valence-electron chi connectivity index (χ4n) is 9.76. The van der Waals surface area contributed by atoms with Crippen molar-refractivity contribution in [2.24, 2.45) is 5.92 Å². The third-order valence-electron chi connectivity index (χ3n) is 14.5. The van der Waals surface area contributed by atoms with Gasteiger partial charge < -0.3 is 65.6 Å². The second-order valence-electron chi connectivity index (χ2n) is 20.9. The molecule has 4 heterocycles. The topological polar surface area (TPSA) is 321 Å². The number of fused-ring (bicyclic) bond motifs is 2. The van der Waals surface area contributed by atoms with Gasteiger partial charge in [0.05, 0.1) is 76.3 Å². The molecule has 7 atom stereocenters.